The molecule has 0 bridgehead atoms. The largest absolute Gasteiger partial charge is 0.436 e. The van der Waals surface area contributed by atoms with Crippen molar-refractivity contribution in [1.82, 2.24) is 19.6 Å². The van der Waals surface area contributed by atoms with Gasteiger partial charge in [-0.15, -0.1) is 0 Å². The van der Waals surface area contributed by atoms with Crippen LogP contribution in [0.4, 0.5) is 17.6 Å². The summed E-state index contributed by atoms with van der Waals surface area (Å²) in [6, 6.07) is 6.34. The second kappa shape index (κ2) is 8.83. The van der Waals surface area contributed by atoms with Crippen molar-refractivity contribution in [1.29, 1.82) is 0 Å². The Morgan fingerprint density at radius 2 is 1.76 bits per heavy atom. The number of hydrogen-bond acceptors (Lipinski definition) is 3. The molecule has 2 heterocycles. The van der Waals surface area contributed by atoms with Crippen LogP contribution in [0.3, 0.4) is 0 Å². The molecule has 0 N–H and O–H groups in total. The van der Waals surface area contributed by atoms with E-state index in [0.29, 0.717) is 38.4 Å². The number of nitrogens with zero attached hydrogens (tertiary/aromatic N) is 4. The van der Waals surface area contributed by atoms with Crippen molar-refractivity contribution in [2.45, 2.75) is 32.6 Å². The van der Waals surface area contributed by atoms with Crippen molar-refractivity contribution in [3.8, 4) is 0 Å². The van der Waals surface area contributed by atoms with Crippen molar-refractivity contribution in [3.05, 3.63) is 51.5 Å². The molecule has 1 aliphatic heterocycles. The molecule has 1 aromatic carbocycles. The first-order valence-electron chi connectivity index (χ1n) is 9.20. The fraction of sp³-hybridized carbons (Fsp3) is 0.474. The molecular formula is C19H21BrF4N4O. The van der Waals surface area contributed by atoms with Crippen LogP contribution in [-0.4, -0.2) is 51.7 Å². The van der Waals surface area contributed by atoms with Gasteiger partial charge in [0, 0.05) is 39.1 Å². The van der Waals surface area contributed by atoms with Gasteiger partial charge >= 0.3 is 6.18 Å². The van der Waals surface area contributed by atoms with Crippen LogP contribution in [0.25, 0.3) is 0 Å². The van der Waals surface area contributed by atoms with Crippen LogP contribution >= 0.6 is 15.9 Å². The normalized spacial score (nSPS) is 15.7. The molecule has 3 rings (SSSR count). The SMILES string of the molecule is Cc1c(Br)c(C(F)(F)F)nn1CCC(=O)N1CCN(Cc2ccc(F)cc2)CC1. The third-order valence-corrected chi connectivity index (χ3v) is 5.93. The Morgan fingerprint density at radius 3 is 2.31 bits per heavy atom. The second-order valence-corrected chi connectivity index (χ2v) is 7.80. The molecule has 1 aliphatic rings. The Morgan fingerprint density at radius 1 is 1.14 bits per heavy atom. The highest BCUT2D eigenvalue weighted by atomic mass is 79.9. The van der Waals surface area contributed by atoms with E-state index in [1.165, 1.54) is 23.7 Å². The van der Waals surface area contributed by atoms with E-state index in [4.69, 9.17) is 0 Å². The summed E-state index contributed by atoms with van der Waals surface area (Å²) < 4.78 is 52.9. The lowest BCUT2D eigenvalue weighted by molar-refractivity contribution is -0.142. The predicted molar refractivity (Wildman–Crippen MR) is 103 cm³/mol. The maximum atomic E-state index is 13.0. The number of piperazine rings is 1. The highest BCUT2D eigenvalue weighted by molar-refractivity contribution is 9.10. The fourth-order valence-corrected chi connectivity index (χ4v) is 3.79. The lowest BCUT2D eigenvalue weighted by Gasteiger charge is -2.34. The van der Waals surface area contributed by atoms with Crippen LogP contribution in [-0.2, 0) is 24.1 Å². The van der Waals surface area contributed by atoms with Gasteiger partial charge in [0.25, 0.3) is 0 Å². The molecule has 0 spiro atoms. The lowest BCUT2D eigenvalue weighted by atomic mass is 10.2. The maximum absolute atomic E-state index is 13.0. The van der Waals surface area contributed by atoms with Crippen molar-refractivity contribution >= 4 is 21.8 Å². The minimum Gasteiger partial charge on any atom is -0.340 e. The molecule has 1 fully saturated rings. The first-order chi connectivity index (χ1) is 13.6. The molecular weight excluding hydrogens is 456 g/mol. The molecule has 0 aliphatic carbocycles. The summed E-state index contributed by atoms with van der Waals surface area (Å²) in [5, 5.41) is 3.60. The molecule has 2 aromatic rings. The second-order valence-electron chi connectivity index (χ2n) is 7.00. The molecule has 0 saturated carbocycles. The summed E-state index contributed by atoms with van der Waals surface area (Å²) >= 11 is 2.93. The average molecular weight is 477 g/mol. The Kier molecular flexibility index (Phi) is 6.62. The summed E-state index contributed by atoms with van der Waals surface area (Å²) in [5.41, 5.74) is 0.373. The van der Waals surface area contributed by atoms with E-state index in [9.17, 15) is 22.4 Å². The van der Waals surface area contributed by atoms with Crippen molar-refractivity contribution in [3.63, 3.8) is 0 Å². The van der Waals surface area contributed by atoms with Crippen LogP contribution in [0.1, 0.15) is 23.4 Å². The van der Waals surface area contributed by atoms with Crippen molar-refractivity contribution < 1.29 is 22.4 Å². The minimum absolute atomic E-state index is 0.0875. The number of carbonyl (C=O) groups excluding carboxylic acids is 1. The number of aromatic nitrogens is 2. The fourth-order valence-electron chi connectivity index (χ4n) is 3.29. The monoisotopic (exact) mass is 476 g/mol. The van der Waals surface area contributed by atoms with Crippen molar-refractivity contribution in [2.24, 2.45) is 0 Å². The number of benzene rings is 1. The standard InChI is InChI=1S/C19H21BrF4N4O/c1-13-17(20)18(19(22,23)24)25-28(13)7-6-16(29)27-10-8-26(9-11-27)12-14-2-4-15(21)5-3-14/h2-5H,6-12H2,1H3. The van der Waals surface area contributed by atoms with Gasteiger partial charge in [0.15, 0.2) is 5.69 Å². The molecule has 158 valence electrons. The highest BCUT2D eigenvalue weighted by Crippen LogP contribution is 2.35. The number of carbonyl (C=O) groups is 1. The molecule has 5 nitrogen and oxygen atoms in total. The Bertz CT molecular complexity index is 858. The summed E-state index contributed by atoms with van der Waals surface area (Å²) in [7, 11) is 0. The van der Waals surface area contributed by atoms with Gasteiger partial charge in [-0.25, -0.2) is 4.39 Å². The topological polar surface area (TPSA) is 41.4 Å². The zero-order valence-corrected chi connectivity index (χ0v) is 17.4. The molecule has 1 aromatic heterocycles. The third-order valence-electron chi connectivity index (χ3n) is 4.98. The summed E-state index contributed by atoms with van der Waals surface area (Å²) in [6.07, 6.45) is -4.45. The van der Waals surface area contributed by atoms with E-state index >= 15 is 0 Å². The van der Waals surface area contributed by atoms with Crippen LogP contribution in [0, 0.1) is 12.7 Å². The maximum Gasteiger partial charge on any atom is 0.436 e. The van der Waals surface area contributed by atoms with Gasteiger partial charge in [-0.05, 0) is 40.5 Å². The van der Waals surface area contributed by atoms with E-state index in [1.807, 2.05) is 0 Å². The zero-order valence-electron chi connectivity index (χ0n) is 15.8. The van der Waals surface area contributed by atoms with Crippen LogP contribution in [0.15, 0.2) is 28.7 Å². The molecule has 1 saturated heterocycles. The number of amides is 1. The van der Waals surface area contributed by atoms with E-state index in [2.05, 4.69) is 25.9 Å². The molecule has 29 heavy (non-hydrogen) atoms. The molecule has 0 atom stereocenters. The quantitative estimate of drug-likeness (QED) is 0.615. The number of alkyl halides is 3. The number of rotatable bonds is 5. The summed E-state index contributed by atoms with van der Waals surface area (Å²) in [4.78, 5) is 16.4. The van der Waals surface area contributed by atoms with Crippen molar-refractivity contribution in [2.75, 3.05) is 26.2 Å². The lowest BCUT2D eigenvalue weighted by Crippen LogP contribution is -2.48. The summed E-state index contributed by atoms with van der Waals surface area (Å²) in [6.45, 7) is 4.79. The van der Waals surface area contributed by atoms with Gasteiger partial charge in [0.1, 0.15) is 5.82 Å². The predicted octanol–water partition coefficient (Wildman–Crippen LogP) is 3.85. The first-order valence-corrected chi connectivity index (χ1v) is 9.99. The number of halogens is 5. The van der Waals surface area contributed by atoms with Gasteiger partial charge < -0.3 is 4.90 Å². The number of hydrogen-bond donors (Lipinski definition) is 0. The van der Waals surface area contributed by atoms with Gasteiger partial charge in [-0.2, -0.15) is 18.3 Å². The van der Waals surface area contributed by atoms with E-state index < -0.39 is 11.9 Å². The smallest absolute Gasteiger partial charge is 0.340 e. The van der Waals surface area contributed by atoms with Gasteiger partial charge in [-0.3, -0.25) is 14.4 Å². The van der Waals surface area contributed by atoms with Crippen LogP contribution in [0.2, 0.25) is 0 Å². The van der Waals surface area contributed by atoms with E-state index in [0.717, 1.165) is 5.56 Å². The highest BCUT2D eigenvalue weighted by Gasteiger charge is 2.38. The first kappa shape index (κ1) is 21.8. The Balaban J connectivity index is 1.49. The molecule has 1 amide bonds. The van der Waals surface area contributed by atoms with Crippen LogP contribution in [0.5, 0.6) is 0 Å². The van der Waals surface area contributed by atoms with E-state index in [1.54, 1.807) is 17.0 Å². The summed E-state index contributed by atoms with van der Waals surface area (Å²) in [5.74, 6) is -0.378. The van der Waals surface area contributed by atoms with Crippen LogP contribution < -0.4 is 0 Å². The zero-order chi connectivity index (χ0) is 21.2. The molecule has 0 radical (unpaired) electrons. The minimum atomic E-state index is -4.54. The third kappa shape index (κ3) is 5.36. The van der Waals surface area contributed by atoms with Gasteiger partial charge in [0.2, 0.25) is 5.91 Å². The average Bonchev–Trinajstić information content (AvgIpc) is 2.97. The van der Waals surface area contributed by atoms with E-state index in [-0.39, 0.29) is 29.2 Å². The molecule has 0 unspecified atom stereocenters. The van der Waals surface area contributed by atoms with Gasteiger partial charge in [-0.1, -0.05) is 12.1 Å². The van der Waals surface area contributed by atoms with Gasteiger partial charge in [0.05, 0.1) is 16.7 Å². The Labute approximate surface area is 174 Å². The Hall–Kier alpha value is -1.94. The molecule has 10 heteroatoms. The number of aryl methyl sites for hydroxylation is 1.